The Morgan fingerprint density at radius 1 is 1.21 bits per heavy atom. The van der Waals surface area contributed by atoms with Crippen LogP contribution in [0.25, 0.3) is 0 Å². The van der Waals surface area contributed by atoms with Gasteiger partial charge in [0.05, 0.1) is 0 Å². The van der Waals surface area contributed by atoms with Gasteiger partial charge in [-0.2, -0.15) is 0 Å². The summed E-state index contributed by atoms with van der Waals surface area (Å²) in [6, 6.07) is 7.73. The molecule has 0 aliphatic carbocycles. The second-order valence-corrected chi connectivity index (χ2v) is 2.90. The summed E-state index contributed by atoms with van der Waals surface area (Å²) >= 11 is 0. The molecule has 0 fully saturated rings. The van der Waals surface area contributed by atoms with E-state index in [1.165, 1.54) is 17.0 Å². The van der Waals surface area contributed by atoms with Crippen LogP contribution >= 0.6 is 0 Å². The molecule has 74 valence electrons. The third-order valence-electron chi connectivity index (χ3n) is 1.52. The molecule has 0 aliphatic heterocycles. The topological polar surface area (TPSA) is 46.6 Å². The maximum absolute atomic E-state index is 11.3. The van der Waals surface area contributed by atoms with E-state index in [2.05, 4.69) is 0 Å². The maximum Gasteiger partial charge on any atom is 0.414 e. The standard InChI is InChI=1S/C10H11NO3/c1-11(2)10(13)14-9-7-5-3-4-6-8(9)12/h3-7H,1-2H3. The first-order chi connectivity index (χ1) is 6.61. The van der Waals surface area contributed by atoms with Crippen LogP contribution in [0.3, 0.4) is 0 Å². The number of ether oxygens (including phenoxy) is 1. The van der Waals surface area contributed by atoms with Crippen LogP contribution < -0.4 is 10.2 Å². The van der Waals surface area contributed by atoms with Gasteiger partial charge in [0.25, 0.3) is 0 Å². The van der Waals surface area contributed by atoms with E-state index < -0.39 is 6.09 Å². The average molecular weight is 193 g/mol. The molecule has 0 aromatic heterocycles. The predicted octanol–water partition coefficient (Wildman–Crippen LogP) is 1.11. The lowest BCUT2D eigenvalue weighted by molar-refractivity contribution is 0.171. The zero-order valence-corrected chi connectivity index (χ0v) is 8.06. The van der Waals surface area contributed by atoms with Gasteiger partial charge in [-0.25, -0.2) is 4.79 Å². The summed E-state index contributed by atoms with van der Waals surface area (Å²) in [4.78, 5) is 23.7. The number of hydrogen-bond acceptors (Lipinski definition) is 3. The fourth-order valence-corrected chi connectivity index (χ4v) is 0.784. The van der Waals surface area contributed by atoms with Crippen molar-refractivity contribution in [2.75, 3.05) is 14.1 Å². The van der Waals surface area contributed by atoms with Crippen molar-refractivity contribution in [3.05, 3.63) is 40.6 Å². The van der Waals surface area contributed by atoms with Crippen LogP contribution in [0, 0.1) is 0 Å². The van der Waals surface area contributed by atoms with Crippen LogP contribution in [0.5, 0.6) is 5.75 Å². The predicted molar refractivity (Wildman–Crippen MR) is 52.4 cm³/mol. The minimum atomic E-state index is -0.562. The summed E-state index contributed by atoms with van der Waals surface area (Å²) in [6.45, 7) is 0. The molecule has 4 nitrogen and oxygen atoms in total. The highest BCUT2D eigenvalue weighted by atomic mass is 16.6. The summed E-state index contributed by atoms with van der Waals surface area (Å²) in [5.74, 6) is 0.0358. The highest BCUT2D eigenvalue weighted by Crippen LogP contribution is 2.01. The van der Waals surface area contributed by atoms with Crippen molar-refractivity contribution in [2.45, 2.75) is 0 Å². The van der Waals surface area contributed by atoms with Crippen molar-refractivity contribution in [3.63, 3.8) is 0 Å². The van der Waals surface area contributed by atoms with Crippen molar-refractivity contribution < 1.29 is 9.53 Å². The molecule has 1 rings (SSSR count). The van der Waals surface area contributed by atoms with Crippen LogP contribution in [0.15, 0.2) is 35.1 Å². The Labute approximate surface area is 81.7 Å². The Morgan fingerprint density at radius 2 is 1.86 bits per heavy atom. The largest absolute Gasteiger partial charge is 0.414 e. The number of carbonyl (C=O) groups is 1. The summed E-state index contributed by atoms with van der Waals surface area (Å²) in [7, 11) is 3.10. The smallest absolute Gasteiger partial charge is 0.406 e. The first-order valence-electron chi connectivity index (χ1n) is 4.10. The lowest BCUT2D eigenvalue weighted by Crippen LogP contribution is -2.26. The molecule has 0 aliphatic rings. The monoisotopic (exact) mass is 193 g/mol. The second kappa shape index (κ2) is 4.41. The van der Waals surface area contributed by atoms with Gasteiger partial charge in [0.15, 0.2) is 5.75 Å². The highest BCUT2D eigenvalue weighted by Gasteiger charge is 2.07. The van der Waals surface area contributed by atoms with E-state index in [1.54, 1.807) is 32.3 Å². The molecule has 0 radical (unpaired) electrons. The van der Waals surface area contributed by atoms with Crippen molar-refractivity contribution in [1.29, 1.82) is 0 Å². The van der Waals surface area contributed by atoms with Gasteiger partial charge in [-0.1, -0.05) is 18.2 Å². The van der Waals surface area contributed by atoms with Crippen LogP contribution in [0.4, 0.5) is 4.79 Å². The molecule has 1 aromatic rings. The van der Waals surface area contributed by atoms with Crippen molar-refractivity contribution in [3.8, 4) is 5.75 Å². The number of amides is 1. The third kappa shape index (κ3) is 2.58. The Hall–Kier alpha value is -1.84. The molecule has 0 N–H and O–H groups in total. The van der Waals surface area contributed by atoms with Crippen LogP contribution in [0.2, 0.25) is 0 Å². The van der Waals surface area contributed by atoms with Crippen LogP contribution in [0.1, 0.15) is 0 Å². The number of nitrogens with zero attached hydrogens (tertiary/aromatic N) is 1. The molecule has 0 bridgehead atoms. The van der Waals surface area contributed by atoms with E-state index in [0.717, 1.165) is 0 Å². The van der Waals surface area contributed by atoms with Gasteiger partial charge >= 0.3 is 6.09 Å². The maximum atomic E-state index is 11.3. The van der Waals surface area contributed by atoms with Gasteiger partial charge in [0.1, 0.15) is 0 Å². The molecule has 0 saturated heterocycles. The lowest BCUT2D eigenvalue weighted by atomic mass is 10.5. The highest BCUT2D eigenvalue weighted by molar-refractivity contribution is 5.69. The molecule has 4 heteroatoms. The zero-order valence-electron chi connectivity index (χ0n) is 8.06. The molecule has 0 atom stereocenters. The van der Waals surface area contributed by atoms with Crippen LogP contribution in [-0.4, -0.2) is 25.1 Å². The zero-order chi connectivity index (χ0) is 10.6. The summed E-state index contributed by atoms with van der Waals surface area (Å²) in [5, 5.41) is 0. The van der Waals surface area contributed by atoms with Crippen molar-refractivity contribution in [1.82, 2.24) is 4.90 Å². The van der Waals surface area contributed by atoms with Gasteiger partial charge < -0.3 is 9.64 Å². The van der Waals surface area contributed by atoms with E-state index in [4.69, 9.17) is 4.74 Å². The normalized spacial score (nSPS) is 9.29. The second-order valence-electron chi connectivity index (χ2n) is 2.90. The van der Waals surface area contributed by atoms with Crippen molar-refractivity contribution >= 4 is 6.09 Å². The Balaban J connectivity index is 2.94. The van der Waals surface area contributed by atoms with Gasteiger partial charge in [0.2, 0.25) is 5.43 Å². The lowest BCUT2D eigenvalue weighted by Gasteiger charge is -2.08. The summed E-state index contributed by atoms with van der Waals surface area (Å²) < 4.78 is 4.84. The first-order valence-corrected chi connectivity index (χ1v) is 4.10. The van der Waals surface area contributed by atoms with E-state index in [9.17, 15) is 9.59 Å². The molecule has 0 heterocycles. The minimum absolute atomic E-state index is 0.0358. The SMILES string of the molecule is CN(C)C(=O)Oc1cccccc1=O. The molecular weight excluding hydrogens is 182 g/mol. The Kier molecular flexibility index (Phi) is 3.23. The van der Waals surface area contributed by atoms with E-state index in [-0.39, 0.29) is 11.2 Å². The van der Waals surface area contributed by atoms with Gasteiger partial charge in [-0.05, 0) is 12.1 Å². The first kappa shape index (κ1) is 10.2. The Bertz CT molecular complexity index is 387. The quantitative estimate of drug-likeness (QED) is 0.671. The summed E-state index contributed by atoms with van der Waals surface area (Å²) in [6.07, 6.45) is -0.562. The van der Waals surface area contributed by atoms with E-state index >= 15 is 0 Å². The van der Waals surface area contributed by atoms with Gasteiger partial charge in [-0.3, -0.25) is 4.79 Å². The van der Waals surface area contributed by atoms with E-state index in [1.807, 2.05) is 0 Å². The van der Waals surface area contributed by atoms with E-state index in [0.29, 0.717) is 0 Å². The molecule has 0 unspecified atom stereocenters. The van der Waals surface area contributed by atoms with Gasteiger partial charge in [-0.15, -0.1) is 0 Å². The number of carbonyl (C=O) groups excluding carboxylic acids is 1. The molecule has 14 heavy (non-hydrogen) atoms. The fraction of sp³-hybridized carbons (Fsp3) is 0.200. The molecule has 0 saturated carbocycles. The molecule has 1 aromatic carbocycles. The molecular formula is C10H11NO3. The summed E-state index contributed by atoms with van der Waals surface area (Å²) in [5.41, 5.74) is -0.315. The van der Waals surface area contributed by atoms with Gasteiger partial charge in [0, 0.05) is 14.1 Å². The van der Waals surface area contributed by atoms with Crippen molar-refractivity contribution in [2.24, 2.45) is 0 Å². The fourth-order valence-electron chi connectivity index (χ4n) is 0.784. The number of rotatable bonds is 1. The molecule has 0 spiro atoms. The minimum Gasteiger partial charge on any atom is -0.406 e. The van der Waals surface area contributed by atoms with Crippen LogP contribution in [-0.2, 0) is 0 Å². The third-order valence-corrected chi connectivity index (χ3v) is 1.52. The average Bonchev–Trinajstić information content (AvgIpc) is 2.32. The number of hydrogen-bond donors (Lipinski definition) is 0. The Morgan fingerprint density at radius 3 is 2.50 bits per heavy atom. The molecule has 1 amide bonds.